The van der Waals surface area contributed by atoms with Crippen LogP contribution in [0.4, 0.5) is 0 Å². The Morgan fingerprint density at radius 2 is 2.25 bits per heavy atom. The Morgan fingerprint density at radius 1 is 1.50 bits per heavy atom. The third-order valence-corrected chi connectivity index (χ3v) is 2.85. The second-order valence-electron chi connectivity index (χ2n) is 4.70. The molecule has 0 aromatic heterocycles. The van der Waals surface area contributed by atoms with Gasteiger partial charge in [0.05, 0.1) is 12.1 Å². The predicted molar refractivity (Wildman–Crippen MR) is 64.1 cm³/mol. The van der Waals surface area contributed by atoms with E-state index in [-0.39, 0.29) is 11.9 Å². The number of likely N-dealkylation sites (tertiary alicyclic amines) is 1. The van der Waals surface area contributed by atoms with E-state index in [1.165, 1.54) is 0 Å². The summed E-state index contributed by atoms with van der Waals surface area (Å²) in [6, 6.07) is -0.263. The number of hydrogen-bond donors (Lipinski definition) is 1. The molecule has 1 amide bonds. The molecule has 0 aromatic rings. The van der Waals surface area contributed by atoms with Crippen molar-refractivity contribution in [2.45, 2.75) is 51.7 Å². The van der Waals surface area contributed by atoms with Gasteiger partial charge in [0.15, 0.2) is 0 Å². The van der Waals surface area contributed by atoms with Gasteiger partial charge in [0.1, 0.15) is 0 Å². The van der Waals surface area contributed by atoms with Gasteiger partial charge in [0.25, 0.3) is 0 Å². The van der Waals surface area contributed by atoms with Crippen molar-refractivity contribution in [2.24, 2.45) is 5.73 Å². The number of unbranched alkanes of at least 4 members (excludes halogenated alkanes) is 1. The van der Waals surface area contributed by atoms with Crippen molar-refractivity contribution < 1.29 is 9.53 Å². The lowest BCUT2D eigenvalue weighted by Gasteiger charge is -2.30. The van der Waals surface area contributed by atoms with Crippen LogP contribution in [0.25, 0.3) is 0 Å². The molecule has 1 heterocycles. The van der Waals surface area contributed by atoms with Crippen molar-refractivity contribution in [3.63, 3.8) is 0 Å². The van der Waals surface area contributed by atoms with Gasteiger partial charge in [-0.15, -0.1) is 0 Å². The van der Waals surface area contributed by atoms with Crippen molar-refractivity contribution in [3.8, 4) is 0 Å². The molecule has 16 heavy (non-hydrogen) atoms. The Balaban J connectivity index is 2.10. The second kappa shape index (κ2) is 6.86. The van der Waals surface area contributed by atoms with E-state index in [0.717, 1.165) is 45.4 Å². The molecule has 0 radical (unpaired) electrons. The molecule has 1 aliphatic rings. The quantitative estimate of drug-likeness (QED) is 0.694. The van der Waals surface area contributed by atoms with Gasteiger partial charge >= 0.3 is 0 Å². The van der Waals surface area contributed by atoms with Gasteiger partial charge in [-0.3, -0.25) is 4.79 Å². The highest BCUT2D eigenvalue weighted by Crippen LogP contribution is 2.10. The second-order valence-corrected chi connectivity index (χ2v) is 4.70. The van der Waals surface area contributed by atoms with Gasteiger partial charge < -0.3 is 15.4 Å². The Morgan fingerprint density at radius 3 is 2.94 bits per heavy atom. The molecule has 0 aromatic carbocycles. The summed E-state index contributed by atoms with van der Waals surface area (Å²) in [5, 5.41) is 0. The van der Waals surface area contributed by atoms with Crippen LogP contribution in [-0.4, -0.2) is 42.6 Å². The van der Waals surface area contributed by atoms with Crippen molar-refractivity contribution in [3.05, 3.63) is 0 Å². The van der Waals surface area contributed by atoms with E-state index in [1.54, 1.807) is 0 Å². The molecule has 1 saturated heterocycles. The minimum atomic E-state index is -0.263. The molecule has 4 nitrogen and oxygen atoms in total. The van der Waals surface area contributed by atoms with E-state index < -0.39 is 0 Å². The van der Waals surface area contributed by atoms with E-state index >= 15 is 0 Å². The molecule has 0 spiro atoms. The number of nitrogens with zero attached hydrogens (tertiary/aromatic N) is 1. The van der Waals surface area contributed by atoms with Gasteiger partial charge in [0.2, 0.25) is 5.91 Å². The van der Waals surface area contributed by atoms with Crippen LogP contribution in [0.2, 0.25) is 0 Å². The Labute approximate surface area is 98.1 Å². The number of ether oxygens (including phenoxy) is 1. The minimum Gasteiger partial charge on any atom is -0.379 e. The Kier molecular flexibility index (Phi) is 5.77. The van der Waals surface area contributed by atoms with E-state index in [4.69, 9.17) is 10.5 Å². The van der Waals surface area contributed by atoms with Crippen molar-refractivity contribution in [1.82, 2.24) is 4.90 Å². The van der Waals surface area contributed by atoms with Gasteiger partial charge in [-0.25, -0.2) is 0 Å². The summed E-state index contributed by atoms with van der Waals surface area (Å²) in [6.45, 7) is 6.55. The normalized spacial score (nSPS) is 21.9. The number of amides is 1. The Hall–Kier alpha value is -0.610. The molecule has 1 atom stereocenters. The summed E-state index contributed by atoms with van der Waals surface area (Å²) in [7, 11) is 0. The summed E-state index contributed by atoms with van der Waals surface area (Å²) in [6.07, 6.45) is 4.19. The maximum absolute atomic E-state index is 11.7. The van der Waals surface area contributed by atoms with Crippen LogP contribution in [0.15, 0.2) is 0 Å². The minimum absolute atomic E-state index is 0.121. The molecule has 1 rings (SSSR count). The standard InChI is InChI=1S/C12H24N2O2/c1-10(2)16-9-4-3-7-14-8-5-6-11(13)12(14)15/h10-11H,3-9,13H2,1-2H3. The molecule has 1 aliphatic heterocycles. The SMILES string of the molecule is CC(C)OCCCCN1CCCC(N)C1=O. The molecule has 0 bridgehead atoms. The Bertz CT molecular complexity index is 219. The van der Waals surface area contributed by atoms with Crippen molar-refractivity contribution in [2.75, 3.05) is 19.7 Å². The van der Waals surface area contributed by atoms with E-state index in [1.807, 2.05) is 18.7 Å². The van der Waals surface area contributed by atoms with Gasteiger partial charge in [-0.2, -0.15) is 0 Å². The summed E-state index contributed by atoms with van der Waals surface area (Å²) < 4.78 is 5.45. The zero-order valence-corrected chi connectivity index (χ0v) is 10.4. The van der Waals surface area contributed by atoms with Gasteiger partial charge in [-0.05, 0) is 39.5 Å². The third kappa shape index (κ3) is 4.49. The molecule has 2 N–H and O–H groups in total. The fourth-order valence-corrected chi connectivity index (χ4v) is 1.92. The van der Waals surface area contributed by atoms with E-state index in [0.29, 0.717) is 6.10 Å². The summed E-state index contributed by atoms with van der Waals surface area (Å²) in [5.41, 5.74) is 5.72. The summed E-state index contributed by atoms with van der Waals surface area (Å²) in [4.78, 5) is 13.6. The fraction of sp³-hybridized carbons (Fsp3) is 0.917. The number of carbonyl (C=O) groups is 1. The average molecular weight is 228 g/mol. The fourth-order valence-electron chi connectivity index (χ4n) is 1.92. The topological polar surface area (TPSA) is 55.6 Å². The zero-order valence-electron chi connectivity index (χ0n) is 10.4. The maximum atomic E-state index is 11.7. The summed E-state index contributed by atoms with van der Waals surface area (Å²) in [5.74, 6) is 0.121. The maximum Gasteiger partial charge on any atom is 0.239 e. The number of carbonyl (C=O) groups excluding carboxylic acids is 1. The molecule has 4 heteroatoms. The first-order chi connectivity index (χ1) is 7.61. The number of nitrogens with two attached hydrogens (primary N) is 1. The first kappa shape index (κ1) is 13.5. The van der Waals surface area contributed by atoms with Crippen LogP contribution in [0.3, 0.4) is 0 Å². The number of hydrogen-bond acceptors (Lipinski definition) is 3. The number of rotatable bonds is 6. The van der Waals surface area contributed by atoms with Crippen LogP contribution in [0, 0.1) is 0 Å². The highest BCUT2D eigenvalue weighted by atomic mass is 16.5. The smallest absolute Gasteiger partial charge is 0.239 e. The summed E-state index contributed by atoms with van der Waals surface area (Å²) >= 11 is 0. The molecule has 1 fully saturated rings. The van der Waals surface area contributed by atoms with Gasteiger partial charge in [0, 0.05) is 19.7 Å². The predicted octanol–water partition coefficient (Wildman–Crippen LogP) is 1.14. The molecule has 94 valence electrons. The molecule has 0 aliphatic carbocycles. The van der Waals surface area contributed by atoms with Crippen LogP contribution in [0.1, 0.15) is 39.5 Å². The van der Waals surface area contributed by atoms with Gasteiger partial charge in [-0.1, -0.05) is 0 Å². The lowest BCUT2D eigenvalue weighted by Crippen LogP contribution is -2.48. The average Bonchev–Trinajstić information content (AvgIpc) is 2.23. The van der Waals surface area contributed by atoms with Crippen LogP contribution >= 0.6 is 0 Å². The van der Waals surface area contributed by atoms with Crippen molar-refractivity contribution in [1.29, 1.82) is 0 Å². The number of piperidine rings is 1. The molecular weight excluding hydrogens is 204 g/mol. The molecule has 1 unspecified atom stereocenters. The zero-order chi connectivity index (χ0) is 12.0. The monoisotopic (exact) mass is 228 g/mol. The lowest BCUT2D eigenvalue weighted by molar-refractivity contribution is -0.135. The largest absolute Gasteiger partial charge is 0.379 e. The van der Waals surface area contributed by atoms with Crippen LogP contribution in [0.5, 0.6) is 0 Å². The highest BCUT2D eigenvalue weighted by Gasteiger charge is 2.24. The lowest BCUT2D eigenvalue weighted by atomic mass is 10.1. The molecular formula is C12H24N2O2. The first-order valence-corrected chi connectivity index (χ1v) is 6.27. The van der Waals surface area contributed by atoms with E-state index in [9.17, 15) is 4.79 Å². The van der Waals surface area contributed by atoms with Crippen LogP contribution < -0.4 is 5.73 Å². The first-order valence-electron chi connectivity index (χ1n) is 6.27. The molecule has 0 saturated carbocycles. The third-order valence-electron chi connectivity index (χ3n) is 2.85. The van der Waals surface area contributed by atoms with Crippen LogP contribution in [-0.2, 0) is 9.53 Å². The highest BCUT2D eigenvalue weighted by molar-refractivity contribution is 5.82. The van der Waals surface area contributed by atoms with E-state index in [2.05, 4.69) is 0 Å². The van der Waals surface area contributed by atoms with Crippen molar-refractivity contribution >= 4 is 5.91 Å².